The molecule has 0 aromatic heterocycles. The third-order valence-electron chi connectivity index (χ3n) is 2.04. The number of carboxylic acid groups (broad SMARTS) is 1. The summed E-state index contributed by atoms with van der Waals surface area (Å²) in [6.07, 6.45) is 10.9. The molecule has 0 spiro atoms. The van der Waals surface area contributed by atoms with Crippen molar-refractivity contribution in [3.05, 3.63) is 47.9 Å². The first-order valence-corrected chi connectivity index (χ1v) is 4.04. The average molecular weight is 175 g/mol. The van der Waals surface area contributed by atoms with Gasteiger partial charge in [0.1, 0.15) is 0 Å². The summed E-state index contributed by atoms with van der Waals surface area (Å²) in [6, 6.07) is 0. The predicted octanol–water partition coefficient (Wildman–Crippen LogP) is 1.28. The summed E-state index contributed by atoms with van der Waals surface area (Å²) in [7, 11) is 0. The van der Waals surface area contributed by atoms with Gasteiger partial charge in [-0.2, -0.15) is 0 Å². The number of aliphatic carboxylic acids is 1. The number of allylic oxidation sites excluding steroid dienone is 4. The van der Waals surface area contributed by atoms with Crippen molar-refractivity contribution in [1.29, 1.82) is 0 Å². The van der Waals surface area contributed by atoms with Crippen LogP contribution in [0.5, 0.6) is 0 Å². The van der Waals surface area contributed by atoms with Crippen molar-refractivity contribution in [2.45, 2.75) is 0 Å². The first-order valence-electron chi connectivity index (χ1n) is 4.04. The molecule has 0 aromatic carbocycles. The Morgan fingerprint density at radius 1 is 1.38 bits per heavy atom. The molecule has 0 fully saturated rings. The molecule has 0 bridgehead atoms. The lowest BCUT2D eigenvalue weighted by atomic mass is 10.1. The molecule has 0 aromatic rings. The summed E-state index contributed by atoms with van der Waals surface area (Å²) in [5.74, 6) is -0.879. The van der Waals surface area contributed by atoms with Crippen molar-refractivity contribution in [2.24, 2.45) is 0 Å². The van der Waals surface area contributed by atoms with Crippen LogP contribution in [0.15, 0.2) is 47.9 Å². The van der Waals surface area contributed by atoms with E-state index in [-0.39, 0.29) is 0 Å². The van der Waals surface area contributed by atoms with E-state index in [0.717, 1.165) is 12.2 Å². The molecule has 0 radical (unpaired) electrons. The number of hydrogen-bond acceptors (Lipinski definition) is 2. The van der Waals surface area contributed by atoms with Crippen molar-refractivity contribution in [3.63, 3.8) is 0 Å². The molecular formula is C10H9NO2. The van der Waals surface area contributed by atoms with E-state index in [1.807, 2.05) is 29.3 Å². The summed E-state index contributed by atoms with van der Waals surface area (Å²) in [5.41, 5.74) is 1.12. The number of rotatable bonds is 1. The lowest BCUT2D eigenvalue weighted by Gasteiger charge is -2.26. The van der Waals surface area contributed by atoms with Crippen molar-refractivity contribution in [1.82, 2.24) is 4.90 Å². The highest BCUT2D eigenvalue weighted by molar-refractivity contribution is 5.92. The van der Waals surface area contributed by atoms with Crippen LogP contribution in [0.25, 0.3) is 0 Å². The quantitative estimate of drug-likeness (QED) is 0.652. The highest BCUT2D eigenvalue weighted by Gasteiger charge is 2.20. The Labute approximate surface area is 76.0 Å². The molecule has 0 atom stereocenters. The summed E-state index contributed by atoms with van der Waals surface area (Å²) < 4.78 is 0. The fourth-order valence-electron chi connectivity index (χ4n) is 1.42. The zero-order chi connectivity index (χ0) is 9.26. The van der Waals surface area contributed by atoms with E-state index in [9.17, 15) is 4.79 Å². The first kappa shape index (κ1) is 7.86. The summed E-state index contributed by atoms with van der Waals surface area (Å²) in [6.45, 7) is 0.743. The molecule has 3 nitrogen and oxygen atoms in total. The predicted molar refractivity (Wildman–Crippen MR) is 48.8 cm³/mol. The number of hydrogen-bond donors (Lipinski definition) is 1. The van der Waals surface area contributed by atoms with E-state index in [1.54, 1.807) is 12.2 Å². The van der Waals surface area contributed by atoms with Crippen LogP contribution in [0.1, 0.15) is 0 Å². The molecule has 0 saturated carbocycles. The first-order chi connectivity index (χ1) is 6.29. The van der Waals surface area contributed by atoms with E-state index in [1.165, 1.54) is 0 Å². The van der Waals surface area contributed by atoms with E-state index in [2.05, 4.69) is 0 Å². The van der Waals surface area contributed by atoms with Gasteiger partial charge < -0.3 is 10.0 Å². The second-order valence-electron chi connectivity index (χ2n) is 2.86. The lowest BCUT2D eigenvalue weighted by Crippen LogP contribution is -2.24. The van der Waals surface area contributed by atoms with Gasteiger partial charge in [0.25, 0.3) is 0 Å². The van der Waals surface area contributed by atoms with Crippen LogP contribution < -0.4 is 0 Å². The minimum absolute atomic E-state index is 0.354. The summed E-state index contributed by atoms with van der Waals surface area (Å²) in [4.78, 5) is 12.7. The van der Waals surface area contributed by atoms with Crippen LogP contribution in [0, 0.1) is 0 Å². The van der Waals surface area contributed by atoms with Crippen LogP contribution >= 0.6 is 0 Å². The molecule has 2 aliphatic heterocycles. The zero-order valence-electron chi connectivity index (χ0n) is 6.97. The third-order valence-corrected chi connectivity index (χ3v) is 2.04. The Bertz CT molecular complexity index is 361. The van der Waals surface area contributed by atoms with Gasteiger partial charge in [-0.05, 0) is 18.2 Å². The van der Waals surface area contributed by atoms with Crippen LogP contribution in [-0.4, -0.2) is 22.5 Å². The molecule has 66 valence electrons. The average Bonchev–Trinajstić information content (AvgIpc) is 2.17. The maximum atomic E-state index is 10.8. The van der Waals surface area contributed by atoms with Gasteiger partial charge in [0.15, 0.2) is 0 Å². The second-order valence-corrected chi connectivity index (χ2v) is 2.86. The molecule has 0 saturated heterocycles. The minimum Gasteiger partial charge on any atom is -0.478 e. The Kier molecular flexibility index (Phi) is 1.77. The molecule has 2 aliphatic rings. The van der Waals surface area contributed by atoms with E-state index in [0.29, 0.717) is 5.57 Å². The SMILES string of the molecule is O=C(O)C1=CC=CN2CC=CC=C12. The van der Waals surface area contributed by atoms with Crippen LogP contribution in [0.3, 0.4) is 0 Å². The molecule has 0 amide bonds. The lowest BCUT2D eigenvalue weighted by molar-refractivity contribution is -0.132. The van der Waals surface area contributed by atoms with Gasteiger partial charge in [0.05, 0.1) is 11.3 Å². The fraction of sp³-hybridized carbons (Fsp3) is 0.100. The summed E-state index contributed by atoms with van der Waals surface area (Å²) >= 11 is 0. The number of fused-ring (bicyclic) bond motifs is 1. The molecule has 13 heavy (non-hydrogen) atoms. The Morgan fingerprint density at radius 2 is 2.23 bits per heavy atom. The van der Waals surface area contributed by atoms with Gasteiger partial charge in [-0.3, -0.25) is 0 Å². The Balaban J connectivity index is 2.42. The van der Waals surface area contributed by atoms with Gasteiger partial charge in [-0.1, -0.05) is 12.2 Å². The standard InChI is InChI=1S/C10H9NO2/c12-10(13)8-4-3-7-11-6-2-1-5-9(8)11/h1-5,7H,6H2,(H,12,13). The molecule has 3 heteroatoms. The van der Waals surface area contributed by atoms with E-state index >= 15 is 0 Å². The summed E-state index contributed by atoms with van der Waals surface area (Å²) in [5, 5.41) is 8.88. The van der Waals surface area contributed by atoms with Crippen LogP contribution in [0.2, 0.25) is 0 Å². The number of carbonyl (C=O) groups is 1. The maximum absolute atomic E-state index is 10.8. The Morgan fingerprint density at radius 3 is 3.00 bits per heavy atom. The number of carboxylic acids is 1. The van der Waals surface area contributed by atoms with Crippen LogP contribution in [-0.2, 0) is 4.79 Å². The van der Waals surface area contributed by atoms with Gasteiger partial charge in [-0.25, -0.2) is 4.79 Å². The molecule has 2 heterocycles. The zero-order valence-corrected chi connectivity index (χ0v) is 6.97. The minimum atomic E-state index is -0.879. The maximum Gasteiger partial charge on any atom is 0.337 e. The van der Waals surface area contributed by atoms with E-state index in [4.69, 9.17) is 5.11 Å². The molecule has 1 N–H and O–H groups in total. The van der Waals surface area contributed by atoms with Crippen molar-refractivity contribution in [3.8, 4) is 0 Å². The third kappa shape index (κ3) is 1.28. The molecule has 2 rings (SSSR count). The highest BCUT2D eigenvalue weighted by Crippen LogP contribution is 2.22. The fourth-order valence-corrected chi connectivity index (χ4v) is 1.42. The second kappa shape index (κ2) is 2.94. The van der Waals surface area contributed by atoms with Gasteiger partial charge >= 0.3 is 5.97 Å². The topological polar surface area (TPSA) is 40.5 Å². The van der Waals surface area contributed by atoms with Gasteiger partial charge in [0, 0.05) is 12.7 Å². The van der Waals surface area contributed by atoms with E-state index < -0.39 is 5.97 Å². The van der Waals surface area contributed by atoms with Crippen molar-refractivity contribution in [2.75, 3.05) is 6.54 Å². The van der Waals surface area contributed by atoms with Gasteiger partial charge in [0.2, 0.25) is 0 Å². The molecule has 0 unspecified atom stereocenters. The van der Waals surface area contributed by atoms with Gasteiger partial charge in [-0.15, -0.1) is 0 Å². The normalized spacial score (nSPS) is 19.2. The highest BCUT2D eigenvalue weighted by atomic mass is 16.4. The molecular weight excluding hydrogens is 166 g/mol. The largest absolute Gasteiger partial charge is 0.478 e. The smallest absolute Gasteiger partial charge is 0.337 e. The monoisotopic (exact) mass is 175 g/mol. The number of nitrogens with zero attached hydrogens (tertiary/aromatic N) is 1. The Hall–Kier alpha value is -1.77. The van der Waals surface area contributed by atoms with Crippen molar-refractivity contribution >= 4 is 5.97 Å². The van der Waals surface area contributed by atoms with Crippen LogP contribution in [0.4, 0.5) is 0 Å². The van der Waals surface area contributed by atoms with Crippen molar-refractivity contribution < 1.29 is 9.90 Å². The molecule has 0 aliphatic carbocycles.